The molecule has 0 N–H and O–H groups in total. The first-order valence-electron chi connectivity index (χ1n) is 9.78. The van der Waals surface area contributed by atoms with E-state index >= 15 is 0 Å². The zero-order valence-electron chi connectivity index (χ0n) is 16.7. The number of esters is 1. The lowest BCUT2D eigenvalue weighted by atomic mass is 10.3. The van der Waals surface area contributed by atoms with Crippen molar-refractivity contribution in [2.24, 2.45) is 0 Å². The van der Waals surface area contributed by atoms with Crippen LogP contribution in [0.1, 0.15) is 19.8 Å². The van der Waals surface area contributed by atoms with E-state index in [-0.39, 0.29) is 17.8 Å². The van der Waals surface area contributed by atoms with Gasteiger partial charge >= 0.3 is 5.97 Å². The van der Waals surface area contributed by atoms with E-state index in [1.807, 2.05) is 36.4 Å². The molecule has 0 amide bonds. The molecule has 0 spiro atoms. The Morgan fingerprint density at radius 3 is 2.77 bits per heavy atom. The number of para-hydroxylation sites is 1. The van der Waals surface area contributed by atoms with Gasteiger partial charge in [-0.25, -0.2) is 4.98 Å². The molecule has 3 aromatic rings. The maximum absolute atomic E-state index is 12.4. The fourth-order valence-electron chi connectivity index (χ4n) is 2.55. The molecule has 1 heterocycles. The molecule has 0 aliphatic carbocycles. The molecule has 0 aliphatic rings. The molecule has 0 saturated heterocycles. The van der Waals surface area contributed by atoms with Crippen LogP contribution in [0.3, 0.4) is 0 Å². The zero-order valence-corrected chi connectivity index (χ0v) is 19.9. The van der Waals surface area contributed by atoms with Crippen LogP contribution < -0.4 is 4.74 Å². The van der Waals surface area contributed by atoms with E-state index in [0.717, 1.165) is 33.2 Å². The zero-order chi connectivity index (χ0) is 21.2. The van der Waals surface area contributed by atoms with E-state index in [2.05, 4.69) is 11.9 Å². The molecule has 4 nitrogen and oxygen atoms in total. The molecule has 1 aromatic heterocycles. The molecular formula is C22H24ClNO3S3. The number of benzene rings is 2. The Morgan fingerprint density at radius 2 is 2.00 bits per heavy atom. The van der Waals surface area contributed by atoms with Crippen molar-refractivity contribution in [2.45, 2.75) is 30.2 Å². The number of aromatic nitrogens is 1. The first-order chi connectivity index (χ1) is 14.6. The van der Waals surface area contributed by atoms with Gasteiger partial charge in [-0.2, -0.15) is 11.8 Å². The standard InChI is InChI=1S/C22H24ClNO3S3/c1-2-3-12-28-14-18(13-26-17-10-8-16(23)9-11-17)27-21(25)15-29-22-24-19-6-4-5-7-20(19)30-22/h4-11,18H,2-3,12-15H2,1H3. The van der Waals surface area contributed by atoms with Gasteiger partial charge < -0.3 is 9.47 Å². The normalized spacial score (nSPS) is 12.1. The second-order valence-electron chi connectivity index (χ2n) is 6.54. The van der Waals surface area contributed by atoms with Crippen LogP contribution in [0.5, 0.6) is 5.75 Å². The number of hydrogen-bond donors (Lipinski definition) is 0. The van der Waals surface area contributed by atoms with Gasteiger partial charge in [-0.1, -0.05) is 48.8 Å². The van der Waals surface area contributed by atoms with E-state index in [1.165, 1.54) is 11.8 Å². The van der Waals surface area contributed by atoms with Crippen LogP contribution in [0.4, 0.5) is 0 Å². The Balaban J connectivity index is 1.50. The number of carbonyl (C=O) groups excluding carboxylic acids is 1. The van der Waals surface area contributed by atoms with Crippen LogP contribution in [0.2, 0.25) is 5.02 Å². The Hall–Kier alpha value is -1.41. The van der Waals surface area contributed by atoms with Crippen LogP contribution >= 0.6 is 46.5 Å². The number of nitrogens with zero attached hydrogens (tertiary/aromatic N) is 1. The highest BCUT2D eigenvalue weighted by molar-refractivity contribution is 8.01. The molecule has 0 radical (unpaired) electrons. The predicted molar refractivity (Wildman–Crippen MR) is 129 cm³/mol. The van der Waals surface area contributed by atoms with Gasteiger partial charge in [0.25, 0.3) is 0 Å². The van der Waals surface area contributed by atoms with Crippen molar-refractivity contribution in [3.8, 4) is 5.75 Å². The lowest BCUT2D eigenvalue weighted by molar-refractivity contribution is -0.145. The van der Waals surface area contributed by atoms with Crippen molar-refractivity contribution in [3.05, 3.63) is 53.6 Å². The van der Waals surface area contributed by atoms with Gasteiger partial charge in [-0.15, -0.1) is 11.3 Å². The molecule has 0 aliphatic heterocycles. The summed E-state index contributed by atoms with van der Waals surface area (Å²) in [5.74, 6) is 2.46. The number of thioether (sulfide) groups is 2. The summed E-state index contributed by atoms with van der Waals surface area (Å²) in [6.07, 6.45) is 2.00. The highest BCUT2D eigenvalue weighted by Crippen LogP contribution is 2.29. The number of rotatable bonds is 12. The smallest absolute Gasteiger partial charge is 0.316 e. The maximum atomic E-state index is 12.4. The fourth-order valence-corrected chi connectivity index (χ4v) is 5.61. The quantitative estimate of drug-likeness (QED) is 0.166. The number of carbonyl (C=O) groups is 1. The predicted octanol–water partition coefficient (Wildman–Crippen LogP) is 6.57. The van der Waals surface area contributed by atoms with E-state index in [9.17, 15) is 4.79 Å². The molecule has 30 heavy (non-hydrogen) atoms. The number of halogens is 1. The van der Waals surface area contributed by atoms with Crippen LogP contribution in [-0.4, -0.2) is 40.9 Å². The molecule has 2 aromatic carbocycles. The molecule has 1 atom stereocenters. The van der Waals surface area contributed by atoms with Crippen molar-refractivity contribution in [1.82, 2.24) is 4.98 Å². The average Bonchev–Trinajstić information content (AvgIpc) is 3.17. The van der Waals surface area contributed by atoms with Crippen molar-refractivity contribution in [2.75, 3.05) is 23.9 Å². The van der Waals surface area contributed by atoms with Gasteiger partial charge in [0.1, 0.15) is 18.5 Å². The third kappa shape index (κ3) is 7.69. The van der Waals surface area contributed by atoms with Gasteiger partial charge in [-0.05, 0) is 48.6 Å². The summed E-state index contributed by atoms with van der Waals surface area (Å²) in [6.45, 7) is 2.49. The summed E-state index contributed by atoms with van der Waals surface area (Å²) < 4.78 is 13.5. The van der Waals surface area contributed by atoms with Crippen LogP contribution in [0, 0.1) is 0 Å². The summed E-state index contributed by atoms with van der Waals surface area (Å²) in [5.41, 5.74) is 0.958. The minimum absolute atomic E-state index is 0.233. The van der Waals surface area contributed by atoms with E-state index < -0.39 is 0 Å². The molecule has 1 unspecified atom stereocenters. The monoisotopic (exact) mass is 481 g/mol. The topological polar surface area (TPSA) is 48.4 Å². The van der Waals surface area contributed by atoms with E-state index in [1.54, 1.807) is 35.2 Å². The Kier molecular flexibility index (Phi) is 9.65. The van der Waals surface area contributed by atoms with Gasteiger partial charge in [-0.3, -0.25) is 4.79 Å². The van der Waals surface area contributed by atoms with Crippen molar-refractivity contribution < 1.29 is 14.3 Å². The number of unbranched alkanes of at least 4 members (excludes halogenated alkanes) is 1. The summed E-state index contributed by atoms with van der Waals surface area (Å²) in [4.78, 5) is 17.0. The molecule has 160 valence electrons. The number of thiazole rings is 1. The first kappa shape index (κ1) is 23.3. The molecule has 3 rings (SSSR count). The summed E-state index contributed by atoms with van der Waals surface area (Å²) >= 11 is 10.7. The van der Waals surface area contributed by atoms with Crippen molar-refractivity contribution in [1.29, 1.82) is 0 Å². The number of ether oxygens (including phenoxy) is 2. The Labute approximate surface area is 194 Å². The second-order valence-corrected chi connectivity index (χ2v) is 10.4. The van der Waals surface area contributed by atoms with Crippen molar-refractivity contribution in [3.63, 3.8) is 0 Å². The molecule has 0 fully saturated rings. The first-order valence-corrected chi connectivity index (χ1v) is 13.1. The maximum Gasteiger partial charge on any atom is 0.316 e. The fraction of sp³-hybridized carbons (Fsp3) is 0.364. The van der Waals surface area contributed by atoms with E-state index in [0.29, 0.717) is 23.1 Å². The third-order valence-electron chi connectivity index (χ3n) is 4.08. The summed E-state index contributed by atoms with van der Waals surface area (Å²) in [6, 6.07) is 15.2. The van der Waals surface area contributed by atoms with Gasteiger partial charge in [0.2, 0.25) is 0 Å². The lowest BCUT2D eigenvalue weighted by Crippen LogP contribution is -2.28. The molecule has 8 heteroatoms. The largest absolute Gasteiger partial charge is 0.490 e. The third-order valence-corrected chi connectivity index (χ3v) is 7.67. The van der Waals surface area contributed by atoms with Gasteiger partial charge in [0.05, 0.1) is 16.0 Å². The van der Waals surface area contributed by atoms with Crippen LogP contribution in [0.25, 0.3) is 10.2 Å². The molecule has 0 saturated carbocycles. The van der Waals surface area contributed by atoms with Crippen molar-refractivity contribution >= 4 is 62.6 Å². The second kappa shape index (κ2) is 12.4. The Bertz CT molecular complexity index is 900. The SMILES string of the molecule is CCCCSCC(COc1ccc(Cl)cc1)OC(=O)CSc1nc2ccccc2s1. The molecular weight excluding hydrogens is 458 g/mol. The number of hydrogen-bond acceptors (Lipinski definition) is 7. The Morgan fingerprint density at radius 1 is 1.20 bits per heavy atom. The van der Waals surface area contributed by atoms with Crippen LogP contribution in [-0.2, 0) is 9.53 Å². The summed E-state index contributed by atoms with van der Waals surface area (Å²) in [7, 11) is 0. The highest BCUT2D eigenvalue weighted by Gasteiger charge is 2.17. The molecule has 0 bridgehead atoms. The van der Waals surface area contributed by atoms with Crippen LogP contribution in [0.15, 0.2) is 52.9 Å². The number of fused-ring (bicyclic) bond motifs is 1. The van der Waals surface area contributed by atoms with Gasteiger partial charge in [0.15, 0.2) is 4.34 Å². The van der Waals surface area contributed by atoms with Gasteiger partial charge in [0, 0.05) is 10.8 Å². The van der Waals surface area contributed by atoms with E-state index in [4.69, 9.17) is 21.1 Å². The minimum atomic E-state index is -0.300. The minimum Gasteiger partial charge on any atom is -0.490 e. The average molecular weight is 482 g/mol. The lowest BCUT2D eigenvalue weighted by Gasteiger charge is -2.18. The highest BCUT2D eigenvalue weighted by atomic mass is 35.5. The summed E-state index contributed by atoms with van der Waals surface area (Å²) in [5, 5.41) is 0.660.